The van der Waals surface area contributed by atoms with Crippen LogP contribution in [-0.4, -0.2) is 36.7 Å². The van der Waals surface area contributed by atoms with Crippen molar-refractivity contribution in [2.45, 2.75) is 25.4 Å². The summed E-state index contributed by atoms with van der Waals surface area (Å²) < 4.78 is 0. The van der Waals surface area contributed by atoms with Gasteiger partial charge in [-0.3, -0.25) is 9.59 Å². The van der Waals surface area contributed by atoms with Crippen LogP contribution in [0.1, 0.15) is 19.3 Å². The van der Waals surface area contributed by atoms with Crippen molar-refractivity contribution in [3.05, 3.63) is 30.2 Å². The number of hydrogen-bond donors (Lipinski definition) is 2. The lowest BCUT2D eigenvalue weighted by Crippen LogP contribution is -2.35. The zero-order chi connectivity index (χ0) is 16.4. The zero-order valence-corrected chi connectivity index (χ0v) is 12.8. The topological polar surface area (TPSA) is 103 Å². The molecule has 23 heavy (non-hydrogen) atoms. The molecule has 1 saturated heterocycles. The molecule has 0 aromatic carbocycles. The summed E-state index contributed by atoms with van der Waals surface area (Å²) in [5, 5.41) is 3.70. The SMILES string of the molecule is [CH2]C1ON=C(C(N)=O)C1C1=CC=C(C2CCCONC2)C(=O)C1. The van der Waals surface area contributed by atoms with Crippen molar-refractivity contribution in [3.8, 4) is 0 Å². The summed E-state index contributed by atoms with van der Waals surface area (Å²) in [6.07, 6.45) is 5.22. The van der Waals surface area contributed by atoms with Gasteiger partial charge >= 0.3 is 0 Å². The van der Waals surface area contributed by atoms with E-state index in [0.717, 1.165) is 24.0 Å². The minimum absolute atomic E-state index is 0.0547. The maximum Gasteiger partial charge on any atom is 0.267 e. The number of hydrogen-bond acceptors (Lipinski definition) is 6. The highest BCUT2D eigenvalue weighted by Crippen LogP contribution is 2.33. The summed E-state index contributed by atoms with van der Waals surface area (Å²) in [4.78, 5) is 34.3. The first-order valence-electron chi connectivity index (χ1n) is 7.73. The molecule has 0 aromatic heterocycles. The molecule has 2 heterocycles. The average molecular weight is 318 g/mol. The van der Waals surface area contributed by atoms with E-state index in [0.29, 0.717) is 13.2 Å². The lowest BCUT2D eigenvalue weighted by molar-refractivity contribution is -0.116. The molecule has 1 fully saturated rings. The van der Waals surface area contributed by atoms with Crippen molar-refractivity contribution in [1.29, 1.82) is 0 Å². The summed E-state index contributed by atoms with van der Waals surface area (Å²) >= 11 is 0. The Hall–Kier alpha value is -1.99. The predicted octanol–water partition coefficient (Wildman–Crippen LogP) is 0.434. The fourth-order valence-corrected chi connectivity index (χ4v) is 3.25. The van der Waals surface area contributed by atoms with Gasteiger partial charge in [-0.1, -0.05) is 17.3 Å². The van der Waals surface area contributed by atoms with Crippen LogP contribution in [-0.2, 0) is 19.3 Å². The van der Waals surface area contributed by atoms with Gasteiger partial charge < -0.3 is 15.4 Å². The smallest absolute Gasteiger partial charge is 0.267 e. The fraction of sp³-hybridized carbons (Fsp3) is 0.500. The Morgan fingerprint density at radius 3 is 3.00 bits per heavy atom. The predicted molar refractivity (Wildman–Crippen MR) is 82.8 cm³/mol. The molecule has 1 aliphatic carbocycles. The molecule has 7 nitrogen and oxygen atoms in total. The summed E-state index contributed by atoms with van der Waals surface area (Å²) in [6.45, 7) is 5.11. The number of nitrogens with zero attached hydrogens (tertiary/aromatic N) is 1. The van der Waals surface area contributed by atoms with Gasteiger partial charge in [-0.25, -0.2) is 5.48 Å². The first-order valence-corrected chi connectivity index (χ1v) is 7.73. The van der Waals surface area contributed by atoms with Gasteiger partial charge in [0.25, 0.3) is 5.91 Å². The number of rotatable bonds is 3. The molecular weight excluding hydrogens is 298 g/mol. The van der Waals surface area contributed by atoms with Crippen LogP contribution in [0.25, 0.3) is 0 Å². The third-order valence-corrected chi connectivity index (χ3v) is 4.44. The molecule has 123 valence electrons. The van der Waals surface area contributed by atoms with E-state index >= 15 is 0 Å². The minimum Gasteiger partial charge on any atom is -0.391 e. The minimum atomic E-state index is -0.644. The third-order valence-electron chi connectivity index (χ3n) is 4.44. The molecule has 0 spiro atoms. The van der Waals surface area contributed by atoms with Gasteiger partial charge in [0, 0.05) is 18.9 Å². The summed E-state index contributed by atoms with van der Waals surface area (Å²) in [5.41, 5.74) is 9.91. The highest BCUT2D eigenvalue weighted by Gasteiger charge is 2.39. The first kappa shape index (κ1) is 15.9. The van der Waals surface area contributed by atoms with E-state index in [1.54, 1.807) is 0 Å². The quantitative estimate of drug-likeness (QED) is 0.785. The number of carbonyl (C=O) groups is 2. The van der Waals surface area contributed by atoms with Gasteiger partial charge in [0.2, 0.25) is 0 Å². The van der Waals surface area contributed by atoms with Gasteiger partial charge in [-0.15, -0.1) is 0 Å². The Morgan fingerprint density at radius 2 is 2.26 bits per heavy atom. The molecule has 3 N–H and O–H groups in total. The molecule has 3 aliphatic rings. The summed E-state index contributed by atoms with van der Waals surface area (Å²) in [6, 6.07) is 0. The molecule has 2 aliphatic heterocycles. The van der Waals surface area contributed by atoms with E-state index < -0.39 is 17.9 Å². The second-order valence-corrected chi connectivity index (χ2v) is 5.96. The number of Topliss-reactive ketones (excluding diaryl/α,β-unsaturated/α-hetero) is 1. The number of allylic oxidation sites excluding steroid dienone is 2. The maximum absolute atomic E-state index is 12.6. The van der Waals surface area contributed by atoms with Crippen LogP contribution in [0.4, 0.5) is 0 Å². The second kappa shape index (κ2) is 6.64. The molecule has 3 unspecified atom stereocenters. The molecule has 0 saturated carbocycles. The van der Waals surface area contributed by atoms with Gasteiger partial charge in [-0.05, 0) is 30.9 Å². The van der Waals surface area contributed by atoms with Gasteiger partial charge in [0.05, 0.1) is 12.5 Å². The summed E-state index contributed by atoms with van der Waals surface area (Å²) in [5.74, 6) is -0.902. The van der Waals surface area contributed by atoms with E-state index in [9.17, 15) is 9.59 Å². The van der Waals surface area contributed by atoms with Crippen molar-refractivity contribution in [2.24, 2.45) is 22.7 Å². The summed E-state index contributed by atoms with van der Waals surface area (Å²) in [7, 11) is 0. The number of primary amides is 1. The maximum atomic E-state index is 12.6. The van der Waals surface area contributed by atoms with Crippen molar-refractivity contribution >= 4 is 17.4 Å². The first-order chi connectivity index (χ1) is 11.1. The highest BCUT2D eigenvalue weighted by molar-refractivity contribution is 6.40. The monoisotopic (exact) mass is 318 g/mol. The lowest BCUT2D eigenvalue weighted by Gasteiger charge is -2.24. The number of hydroxylamine groups is 1. The third kappa shape index (κ3) is 3.20. The molecule has 0 aromatic rings. The number of oxime groups is 1. The van der Waals surface area contributed by atoms with Crippen LogP contribution >= 0.6 is 0 Å². The van der Waals surface area contributed by atoms with Crippen LogP contribution in [0.3, 0.4) is 0 Å². The lowest BCUT2D eigenvalue weighted by atomic mass is 9.79. The van der Waals surface area contributed by atoms with E-state index in [1.807, 2.05) is 12.2 Å². The molecule has 1 amide bonds. The van der Waals surface area contributed by atoms with Crippen molar-refractivity contribution in [3.63, 3.8) is 0 Å². The van der Waals surface area contributed by atoms with Crippen LogP contribution in [0, 0.1) is 18.8 Å². The van der Waals surface area contributed by atoms with Gasteiger partial charge in [0.1, 0.15) is 6.10 Å². The standard InChI is InChI=1S/C16H20N3O4/c1-9-14(15(16(17)21)19-23-9)10-4-5-12(13(20)7-10)11-3-2-6-22-18-8-11/h4-5,9,11,14,18H,1-3,6-8H2,(H2,17,21). The molecular formula is C16H20N3O4. The Labute approximate surface area is 134 Å². The molecule has 1 radical (unpaired) electrons. The number of nitrogens with two attached hydrogens (primary N) is 1. The molecule has 7 heteroatoms. The largest absolute Gasteiger partial charge is 0.391 e. The molecule has 3 atom stereocenters. The number of amides is 1. The molecule has 0 bridgehead atoms. The van der Waals surface area contributed by atoms with Crippen LogP contribution in [0.2, 0.25) is 0 Å². The van der Waals surface area contributed by atoms with Crippen molar-refractivity contribution in [2.75, 3.05) is 13.2 Å². The van der Waals surface area contributed by atoms with Crippen LogP contribution < -0.4 is 11.2 Å². The Morgan fingerprint density at radius 1 is 1.43 bits per heavy atom. The van der Waals surface area contributed by atoms with E-state index in [1.165, 1.54) is 0 Å². The van der Waals surface area contributed by atoms with E-state index in [-0.39, 0.29) is 23.8 Å². The normalized spacial score (nSPS) is 31.6. The second-order valence-electron chi connectivity index (χ2n) is 5.96. The molecule has 3 rings (SSSR count). The van der Waals surface area contributed by atoms with E-state index in [2.05, 4.69) is 17.6 Å². The fourth-order valence-electron chi connectivity index (χ4n) is 3.25. The van der Waals surface area contributed by atoms with Crippen LogP contribution in [0.5, 0.6) is 0 Å². The van der Waals surface area contributed by atoms with Crippen LogP contribution in [0.15, 0.2) is 28.5 Å². The Balaban J connectivity index is 1.82. The zero-order valence-electron chi connectivity index (χ0n) is 12.8. The van der Waals surface area contributed by atoms with Crippen molar-refractivity contribution < 1.29 is 19.3 Å². The van der Waals surface area contributed by atoms with E-state index in [4.69, 9.17) is 15.4 Å². The van der Waals surface area contributed by atoms with Gasteiger partial charge in [0.15, 0.2) is 11.5 Å². The Bertz CT molecular complexity index is 600. The number of ketones is 1. The number of carbonyl (C=O) groups excluding carboxylic acids is 2. The Kier molecular flexibility index (Phi) is 4.58. The highest BCUT2D eigenvalue weighted by atomic mass is 16.6. The number of nitrogens with one attached hydrogen (secondary N) is 1. The van der Waals surface area contributed by atoms with Gasteiger partial charge in [-0.2, -0.15) is 0 Å². The average Bonchev–Trinajstić information content (AvgIpc) is 2.72. The van der Waals surface area contributed by atoms with Crippen molar-refractivity contribution in [1.82, 2.24) is 5.48 Å².